The van der Waals surface area contributed by atoms with Crippen molar-refractivity contribution in [3.05, 3.63) is 103 Å². The maximum atomic E-state index is 14.6. The number of benzene rings is 3. The van der Waals surface area contributed by atoms with E-state index >= 15 is 0 Å². The van der Waals surface area contributed by atoms with Crippen LogP contribution in [0.25, 0.3) is 10.8 Å². The van der Waals surface area contributed by atoms with E-state index in [4.69, 9.17) is 0 Å². The monoisotopic (exact) mass is 579 g/mol. The lowest BCUT2D eigenvalue weighted by Crippen LogP contribution is -2.56. The SMILES string of the molecule is C[C@H](CO)N1C(=O)[C@@H]2[C@@H]3C(=O)N(Cc4ccccc4)CC=C[C@@H]3S[C@@]23C=CCN(c2ccc4ccccc4c2)C(=O)C13. The first kappa shape index (κ1) is 27.0. The highest BCUT2D eigenvalue weighted by atomic mass is 32.2. The van der Waals surface area contributed by atoms with Gasteiger partial charge < -0.3 is 19.8 Å². The van der Waals surface area contributed by atoms with Crippen LogP contribution in [-0.2, 0) is 20.9 Å². The molecule has 42 heavy (non-hydrogen) atoms. The van der Waals surface area contributed by atoms with Gasteiger partial charge in [-0.15, -0.1) is 11.8 Å². The third kappa shape index (κ3) is 4.11. The molecule has 8 heteroatoms. The van der Waals surface area contributed by atoms with Gasteiger partial charge in [0.05, 0.1) is 29.2 Å². The van der Waals surface area contributed by atoms with E-state index in [1.54, 1.807) is 28.5 Å². The Labute approximate surface area is 249 Å². The minimum atomic E-state index is -0.922. The smallest absolute Gasteiger partial charge is 0.251 e. The number of thioether (sulfide) groups is 1. The Hall–Kier alpha value is -3.88. The molecule has 1 unspecified atom stereocenters. The first-order valence-corrected chi connectivity index (χ1v) is 15.4. The predicted octanol–water partition coefficient (Wildman–Crippen LogP) is 4.02. The van der Waals surface area contributed by atoms with E-state index in [-0.39, 0.29) is 29.6 Å². The number of carbonyl (C=O) groups is 3. The zero-order valence-electron chi connectivity index (χ0n) is 23.4. The molecular formula is C34H33N3O4S. The zero-order valence-corrected chi connectivity index (χ0v) is 24.2. The van der Waals surface area contributed by atoms with Crippen LogP contribution in [0.15, 0.2) is 97.1 Å². The Morgan fingerprint density at radius 3 is 2.45 bits per heavy atom. The van der Waals surface area contributed by atoms with Crippen molar-refractivity contribution in [1.29, 1.82) is 0 Å². The molecule has 1 spiro atoms. The number of aliphatic hydroxyl groups excluding tert-OH is 1. The Morgan fingerprint density at radius 2 is 1.67 bits per heavy atom. The molecule has 4 aliphatic rings. The molecular weight excluding hydrogens is 546 g/mol. The van der Waals surface area contributed by atoms with Crippen molar-refractivity contribution in [1.82, 2.24) is 9.80 Å². The van der Waals surface area contributed by atoms with Gasteiger partial charge in [-0.3, -0.25) is 14.4 Å². The van der Waals surface area contributed by atoms with Gasteiger partial charge in [0.1, 0.15) is 6.04 Å². The number of likely N-dealkylation sites (tertiary alicyclic amines) is 1. The lowest BCUT2D eigenvalue weighted by molar-refractivity contribution is -0.144. The fourth-order valence-corrected chi connectivity index (χ4v) is 9.21. The van der Waals surface area contributed by atoms with Crippen LogP contribution in [0.3, 0.4) is 0 Å². The summed E-state index contributed by atoms with van der Waals surface area (Å²) in [5.74, 6) is -1.80. The Morgan fingerprint density at radius 1 is 0.905 bits per heavy atom. The fraction of sp³-hybridized carbons (Fsp3) is 0.324. The number of hydrogen-bond acceptors (Lipinski definition) is 5. The van der Waals surface area contributed by atoms with Crippen LogP contribution in [0.2, 0.25) is 0 Å². The van der Waals surface area contributed by atoms with Gasteiger partial charge in [0.25, 0.3) is 5.91 Å². The third-order valence-corrected chi connectivity index (χ3v) is 10.9. The Kier molecular flexibility index (Phi) is 6.71. The summed E-state index contributed by atoms with van der Waals surface area (Å²) in [5.41, 5.74) is 1.79. The maximum Gasteiger partial charge on any atom is 0.251 e. The molecule has 0 saturated carbocycles. The van der Waals surface area contributed by atoms with E-state index in [1.165, 1.54) is 0 Å². The van der Waals surface area contributed by atoms with Crippen molar-refractivity contribution in [3.63, 3.8) is 0 Å². The highest BCUT2D eigenvalue weighted by molar-refractivity contribution is 8.02. The molecule has 2 fully saturated rings. The molecule has 1 N–H and O–H groups in total. The van der Waals surface area contributed by atoms with Crippen LogP contribution in [-0.4, -0.2) is 74.4 Å². The van der Waals surface area contributed by atoms with E-state index in [2.05, 4.69) is 6.08 Å². The van der Waals surface area contributed by atoms with Gasteiger partial charge in [-0.25, -0.2) is 0 Å². The van der Waals surface area contributed by atoms with Crippen LogP contribution in [0.4, 0.5) is 5.69 Å². The van der Waals surface area contributed by atoms with Crippen molar-refractivity contribution in [2.75, 3.05) is 24.6 Å². The summed E-state index contributed by atoms with van der Waals surface area (Å²) in [6, 6.07) is 22.4. The molecule has 6 atom stereocenters. The average molecular weight is 580 g/mol. The Balaban J connectivity index is 1.29. The summed E-state index contributed by atoms with van der Waals surface area (Å²) in [6.45, 7) is 2.78. The van der Waals surface area contributed by atoms with E-state index in [1.807, 2.05) is 95.9 Å². The molecule has 214 valence electrons. The summed E-state index contributed by atoms with van der Waals surface area (Å²) in [6.07, 6.45) is 8.08. The van der Waals surface area contributed by atoms with E-state index in [9.17, 15) is 19.5 Å². The number of fused-ring (bicyclic) bond motifs is 3. The fourth-order valence-electron chi connectivity index (χ4n) is 7.21. The molecule has 0 bridgehead atoms. The number of amides is 3. The van der Waals surface area contributed by atoms with Crippen LogP contribution < -0.4 is 4.90 Å². The molecule has 7 nitrogen and oxygen atoms in total. The lowest BCUT2D eigenvalue weighted by Gasteiger charge is -2.37. The quantitative estimate of drug-likeness (QED) is 0.462. The van der Waals surface area contributed by atoms with Gasteiger partial charge in [-0.2, -0.15) is 0 Å². The molecule has 7 rings (SSSR count). The van der Waals surface area contributed by atoms with Crippen LogP contribution in [0.1, 0.15) is 12.5 Å². The van der Waals surface area contributed by atoms with Crippen molar-refractivity contribution in [2.24, 2.45) is 11.8 Å². The highest BCUT2D eigenvalue weighted by Crippen LogP contribution is 2.61. The molecule has 3 amide bonds. The van der Waals surface area contributed by atoms with E-state index < -0.39 is 28.7 Å². The lowest BCUT2D eigenvalue weighted by atomic mass is 9.78. The largest absolute Gasteiger partial charge is 0.394 e. The number of aliphatic hydroxyl groups is 1. The first-order valence-electron chi connectivity index (χ1n) is 14.5. The second-order valence-corrected chi connectivity index (χ2v) is 13.1. The van der Waals surface area contributed by atoms with Gasteiger partial charge in [0, 0.05) is 30.6 Å². The van der Waals surface area contributed by atoms with Crippen molar-refractivity contribution >= 4 is 45.9 Å². The van der Waals surface area contributed by atoms with Gasteiger partial charge in [-0.05, 0) is 35.4 Å². The number of rotatable bonds is 5. The van der Waals surface area contributed by atoms with Gasteiger partial charge in [0.2, 0.25) is 11.8 Å². The third-order valence-electron chi connectivity index (χ3n) is 9.18. The van der Waals surface area contributed by atoms with Crippen molar-refractivity contribution < 1.29 is 19.5 Å². The van der Waals surface area contributed by atoms with Crippen molar-refractivity contribution in [3.8, 4) is 0 Å². The topological polar surface area (TPSA) is 81.2 Å². The maximum absolute atomic E-state index is 14.6. The number of anilines is 1. The second-order valence-electron chi connectivity index (χ2n) is 11.6. The summed E-state index contributed by atoms with van der Waals surface area (Å²) >= 11 is 1.56. The first-order chi connectivity index (χ1) is 20.4. The molecule has 3 aromatic carbocycles. The molecule has 2 saturated heterocycles. The molecule has 0 aliphatic carbocycles. The van der Waals surface area contributed by atoms with Crippen molar-refractivity contribution in [2.45, 2.75) is 35.5 Å². The molecule has 4 aliphatic heterocycles. The zero-order chi connectivity index (χ0) is 29.0. The van der Waals surface area contributed by atoms with Gasteiger partial charge in [0.15, 0.2) is 0 Å². The summed E-state index contributed by atoms with van der Waals surface area (Å²) < 4.78 is -0.922. The van der Waals surface area contributed by atoms with Gasteiger partial charge >= 0.3 is 0 Å². The highest BCUT2D eigenvalue weighted by Gasteiger charge is 2.71. The second kappa shape index (κ2) is 10.4. The average Bonchev–Trinajstić information content (AvgIpc) is 3.34. The summed E-state index contributed by atoms with van der Waals surface area (Å²) in [4.78, 5) is 48.4. The minimum Gasteiger partial charge on any atom is -0.394 e. The normalized spacial score (nSPS) is 29.4. The number of hydrogen-bond donors (Lipinski definition) is 1. The number of carbonyl (C=O) groups excluding carboxylic acids is 3. The summed E-state index contributed by atoms with van der Waals surface area (Å²) in [5, 5.41) is 12.1. The Bertz CT molecular complexity index is 1620. The van der Waals surface area contributed by atoms with Gasteiger partial charge in [-0.1, -0.05) is 85.0 Å². The van der Waals surface area contributed by atoms with Crippen LogP contribution in [0, 0.1) is 11.8 Å². The van der Waals surface area contributed by atoms with Crippen LogP contribution in [0.5, 0.6) is 0 Å². The molecule has 4 heterocycles. The summed E-state index contributed by atoms with van der Waals surface area (Å²) in [7, 11) is 0. The standard InChI is InChI=1S/C34H33N3O4S/c1-22(21-38)37-30-33(41)36(26-15-14-24-11-5-6-12-25(24)19-26)18-8-16-34(30)29(32(37)40)28-27(42-34)13-7-17-35(31(28)39)20-23-9-3-2-4-10-23/h2-16,19,22,27-30,38H,17-18,20-21H2,1H3/t22-,27+,28-,29+,30?,34+/m1/s1. The molecule has 3 aromatic rings. The van der Waals surface area contributed by atoms with E-state index in [0.717, 1.165) is 22.0 Å². The predicted molar refractivity (Wildman–Crippen MR) is 165 cm³/mol. The molecule has 0 aromatic heterocycles. The van der Waals surface area contributed by atoms with E-state index in [0.29, 0.717) is 19.6 Å². The molecule has 0 radical (unpaired) electrons. The minimum absolute atomic E-state index is 0.0645. The van der Waals surface area contributed by atoms with Crippen LogP contribution >= 0.6 is 11.8 Å². The number of nitrogens with zero attached hydrogens (tertiary/aromatic N) is 3.